The van der Waals surface area contributed by atoms with Gasteiger partial charge in [0.2, 0.25) is 0 Å². The van der Waals surface area contributed by atoms with Crippen LogP contribution in [-0.4, -0.2) is 32.9 Å². The van der Waals surface area contributed by atoms with Crippen LogP contribution in [0.3, 0.4) is 0 Å². The number of carbonyl (C=O) groups excluding carboxylic acids is 1. The number of hydrogen-bond donors (Lipinski definition) is 1. The molecular weight excluding hydrogens is 262 g/mol. The number of aromatic nitrogens is 2. The maximum Gasteiger partial charge on any atom is 0.254 e. The molecule has 3 rings (SSSR count). The Morgan fingerprint density at radius 1 is 1.19 bits per heavy atom. The maximum absolute atomic E-state index is 12.7. The van der Waals surface area contributed by atoms with Crippen molar-refractivity contribution < 1.29 is 4.79 Å². The number of amides is 1. The summed E-state index contributed by atoms with van der Waals surface area (Å²) in [5.74, 6) is 0.967. The summed E-state index contributed by atoms with van der Waals surface area (Å²) in [6, 6.07) is 8.34. The van der Waals surface area contributed by atoms with E-state index in [1.807, 2.05) is 29.2 Å². The number of rotatable bonds is 2. The molecule has 1 amide bonds. The second kappa shape index (κ2) is 5.72. The SMILES string of the molecule is CC1CCCC(C)N1C(=O)c1ccc(-c2ncc[nH]2)cc1. The van der Waals surface area contributed by atoms with Crippen molar-refractivity contribution >= 4 is 5.91 Å². The number of nitrogens with one attached hydrogen (secondary N) is 1. The van der Waals surface area contributed by atoms with Gasteiger partial charge >= 0.3 is 0 Å². The van der Waals surface area contributed by atoms with Gasteiger partial charge < -0.3 is 9.88 Å². The van der Waals surface area contributed by atoms with E-state index in [2.05, 4.69) is 23.8 Å². The van der Waals surface area contributed by atoms with Gasteiger partial charge in [0.15, 0.2) is 0 Å². The average molecular weight is 283 g/mol. The molecule has 0 bridgehead atoms. The summed E-state index contributed by atoms with van der Waals surface area (Å²) in [5, 5.41) is 0. The van der Waals surface area contributed by atoms with Crippen molar-refractivity contribution in [2.45, 2.75) is 45.2 Å². The van der Waals surface area contributed by atoms with E-state index >= 15 is 0 Å². The van der Waals surface area contributed by atoms with Gasteiger partial charge in [0, 0.05) is 35.6 Å². The molecule has 110 valence electrons. The van der Waals surface area contributed by atoms with Crippen LogP contribution in [0.15, 0.2) is 36.7 Å². The van der Waals surface area contributed by atoms with Gasteiger partial charge in [-0.2, -0.15) is 0 Å². The minimum atomic E-state index is 0.140. The van der Waals surface area contributed by atoms with Crippen LogP contribution in [0.4, 0.5) is 0 Å². The Hall–Kier alpha value is -2.10. The zero-order chi connectivity index (χ0) is 14.8. The number of imidazole rings is 1. The van der Waals surface area contributed by atoms with E-state index in [-0.39, 0.29) is 5.91 Å². The van der Waals surface area contributed by atoms with Crippen molar-refractivity contribution in [1.82, 2.24) is 14.9 Å². The summed E-state index contributed by atoms with van der Waals surface area (Å²) in [4.78, 5) is 22.1. The second-order valence-electron chi connectivity index (χ2n) is 5.86. The van der Waals surface area contributed by atoms with Crippen molar-refractivity contribution in [1.29, 1.82) is 0 Å². The van der Waals surface area contributed by atoms with Crippen molar-refractivity contribution in [3.8, 4) is 11.4 Å². The van der Waals surface area contributed by atoms with Gasteiger partial charge in [0.1, 0.15) is 5.82 Å². The molecule has 2 atom stereocenters. The third-order valence-corrected chi connectivity index (χ3v) is 4.33. The first-order valence-corrected chi connectivity index (χ1v) is 7.59. The lowest BCUT2D eigenvalue weighted by atomic mass is 9.96. The highest BCUT2D eigenvalue weighted by molar-refractivity contribution is 5.95. The molecular formula is C17H21N3O. The summed E-state index contributed by atoms with van der Waals surface area (Å²) in [6.45, 7) is 4.29. The summed E-state index contributed by atoms with van der Waals surface area (Å²) < 4.78 is 0. The van der Waals surface area contributed by atoms with E-state index in [4.69, 9.17) is 0 Å². The molecule has 21 heavy (non-hydrogen) atoms. The molecule has 1 N–H and O–H groups in total. The van der Waals surface area contributed by atoms with Crippen LogP contribution < -0.4 is 0 Å². The van der Waals surface area contributed by atoms with Crippen molar-refractivity contribution in [3.63, 3.8) is 0 Å². The first-order valence-electron chi connectivity index (χ1n) is 7.59. The Bertz CT molecular complexity index is 593. The topological polar surface area (TPSA) is 49.0 Å². The van der Waals surface area contributed by atoms with Crippen LogP contribution in [0.5, 0.6) is 0 Å². The van der Waals surface area contributed by atoms with Crippen molar-refractivity contribution in [2.24, 2.45) is 0 Å². The van der Waals surface area contributed by atoms with Gasteiger partial charge in [-0.3, -0.25) is 4.79 Å². The number of H-pyrrole nitrogens is 1. The number of nitrogens with zero attached hydrogens (tertiary/aromatic N) is 2. The van der Waals surface area contributed by atoms with Crippen LogP contribution in [0, 0.1) is 0 Å². The number of aromatic amines is 1. The summed E-state index contributed by atoms with van der Waals surface area (Å²) in [5.41, 5.74) is 1.75. The molecule has 1 aromatic heterocycles. The smallest absolute Gasteiger partial charge is 0.254 e. The number of likely N-dealkylation sites (tertiary alicyclic amines) is 1. The molecule has 2 aromatic rings. The molecule has 4 nitrogen and oxygen atoms in total. The van der Waals surface area contributed by atoms with E-state index < -0.39 is 0 Å². The first-order chi connectivity index (χ1) is 10.2. The highest BCUT2D eigenvalue weighted by Gasteiger charge is 2.29. The quantitative estimate of drug-likeness (QED) is 0.917. The van der Waals surface area contributed by atoms with E-state index in [0.29, 0.717) is 12.1 Å². The average Bonchev–Trinajstić information content (AvgIpc) is 3.01. The fraction of sp³-hybridized carbons (Fsp3) is 0.412. The van der Waals surface area contributed by atoms with Crippen LogP contribution in [0.25, 0.3) is 11.4 Å². The lowest BCUT2D eigenvalue weighted by molar-refractivity contribution is 0.0511. The van der Waals surface area contributed by atoms with Crippen molar-refractivity contribution in [3.05, 3.63) is 42.2 Å². The highest BCUT2D eigenvalue weighted by Crippen LogP contribution is 2.25. The molecule has 1 aromatic carbocycles. The number of piperidine rings is 1. The maximum atomic E-state index is 12.7. The zero-order valence-corrected chi connectivity index (χ0v) is 12.5. The number of hydrogen-bond acceptors (Lipinski definition) is 2. The fourth-order valence-corrected chi connectivity index (χ4v) is 3.16. The van der Waals surface area contributed by atoms with Crippen molar-refractivity contribution in [2.75, 3.05) is 0 Å². The van der Waals surface area contributed by atoms with Crippen LogP contribution in [-0.2, 0) is 0 Å². The van der Waals surface area contributed by atoms with Gasteiger partial charge in [-0.1, -0.05) is 12.1 Å². The zero-order valence-electron chi connectivity index (χ0n) is 12.5. The predicted octanol–water partition coefficient (Wildman–Crippen LogP) is 3.48. The molecule has 1 saturated heterocycles. The molecule has 1 aliphatic heterocycles. The third kappa shape index (κ3) is 2.71. The Balaban J connectivity index is 1.81. The van der Waals surface area contributed by atoms with Crippen LogP contribution in [0.2, 0.25) is 0 Å². The Labute approximate surface area is 125 Å². The molecule has 4 heteroatoms. The molecule has 2 heterocycles. The first kappa shape index (κ1) is 13.9. The van der Waals surface area contributed by atoms with Gasteiger partial charge in [-0.25, -0.2) is 4.98 Å². The summed E-state index contributed by atoms with van der Waals surface area (Å²) >= 11 is 0. The van der Waals surface area contributed by atoms with Gasteiger partial charge in [-0.15, -0.1) is 0 Å². The monoisotopic (exact) mass is 283 g/mol. The Morgan fingerprint density at radius 3 is 2.43 bits per heavy atom. The normalized spacial score (nSPS) is 22.3. The van der Waals surface area contributed by atoms with E-state index in [1.54, 1.807) is 12.4 Å². The molecule has 0 saturated carbocycles. The molecule has 0 aliphatic carbocycles. The van der Waals surface area contributed by atoms with Gasteiger partial charge in [-0.05, 0) is 45.2 Å². The third-order valence-electron chi connectivity index (χ3n) is 4.33. The lowest BCUT2D eigenvalue weighted by Crippen LogP contribution is -2.47. The minimum Gasteiger partial charge on any atom is -0.345 e. The molecule has 0 spiro atoms. The largest absolute Gasteiger partial charge is 0.345 e. The highest BCUT2D eigenvalue weighted by atomic mass is 16.2. The molecule has 0 radical (unpaired) electrons. The van der Waals surface area contributed by atoms with E-state index in [9.17, 15) is 4.79 Å². The Kier molecular flexibility index (Phi) is 3.78. The fourth-order valence-electron chi connectivity index (χ4n) is 3.16. The molecule has 1 fully saturated rings. The van der Waals surface area contributed by atoms with E-state index in [0.717, 1.165) is 29.8 Å². The standard InChI is InChI=1S/C17H21N3O/c1-12-4-3-5-13(2)20(12)17(21)15-8-6-14(7-9-15)16-18-10-11-19-16/h6-13H,3-5H2,1-2H3,(H,18,19). The summed E-state index contributed by atoms with van der Waals surface area (Å²) in [7, 11) is 0. The van der Waals surface area contributed by atoms with Crippen LogP contribution >= 0.6 is 0 Å². The predicted molar refractivity (Wildman–Crippen MR) is 83.0 cm³/mol. The minimum absolute atomic E-state index is 0.140. The molecule has 2 unspecified atom stereocenters. The van der Waals surface area contributed by atoms with Gasteiger partial charge in [0.25, 0.3) is 5.91 Å². The Morgan fingerprint density at radius 2 is 1.86 bits per heavy atom. The lowest BCUT2D eigenvalue weighted by Gasteiger charge is -2.39. The number of benzene rings is 1. The summed E-state index contributed by atoms with van der Waals surface area (Å²) in [6.07, 6.45) is 6.93. The van der Waals surface area contributed by atoms with E-state index in [1.165, 1.54) is 6.42 Å². The van der Waals surface area contributed by atoms with Crippen LogP contribution in [0.1, 0.15) is 43.5 Å². The molecule has 1 aliphatic rings. The van der Waals surface area contributed by atoms with Gasteiger partial charge in [0.05, 0.1) is 0 Å². The second-order valence-corrected chi connectivity index (χ2v) is 5.86. The number of carbonyl (C=O) groups is 1.